The molecule has 0 bridgehead atoms. The van der Waals surface area contributed by atoms with E-state index in [0.29, 0.717) is 28.3 Å². The van der Waals surface area contributed by atoms with E-state index in [0.717, 1.165) is 5.39 Å². The number of thiol groups is 1. The van der Waals surface area contributed by atoms with Crippen LogP contribution in [0.15, 0.2) is 30.5 Å². The molecule has 0 aliphatic rings. The van der Waals surface area contributed by atoms with E-state index in [1.807, 2.05) is 0 Å². The molecule has 0 saturated carbocycles. The van der Waals surface area contributed by atoms with Crippen LogP contribution < -0.4 is 0 Å². The highest BCUT2D eigenvalue weighted by atomic mass is 35.5. The van der Waals surface area contributed by atoms with Crippen LogP contribution in [0.4, 0.5) is 0 Å². The van der Waals surface area contributed by atoms with Gasteiger partial charge >= 0.3 is 0 Å². The number of aliphatic hydroxyl groups is 2. The van der Waals surface area contributed by atoms with Crippen LogP contribution in [0.1, 0.15) is 18.1 Å². The van der Waals surface area contributed by atoms with Crippen LogP contribution in [0.2, 0.25) is 5.02 Å². The van der Waals surface area contributed by atoms with Crippen molar-refractivity contribution in [1.82, 2.24) is 4.98 Å². The van der Waals surface area contributed by atoms with Crippen molar-refractivity contribution in [3.63, 3.8) is 0 Å². The summed E-state index contributed by atoms with van der Waals surface area (Å²) in [5.74, 6) is 0.524. The molecule has 3 nitrogen and oxygen atoms in total. The minimum absolute atomic E-state index is 0.436. The van der Waals surface area contributed by atoms with Crippen molar-refractivity contribution in [2.45, 2.75) is 18.6 Å². The largest absolute Gasteiger partial charge is 0.390 e. The molecule has 96 valence electrons. The predicted octanol–water partition coefficient (Wildman–Crippen LogP) is 2.60. The summed E-state index contributed by atoms with van der Waals surface area (Å²) in [7, 11) is 0. The number of hydrogen-bond acceptors (Lipinski definition) is 4. The third kappa shape index (κ3) is 2.78. The van der Waals surface area contributed by atoms with Crippen molar-refractivity contribution < 1.29 is 10.2 Å². The van der Waals surface area contributed by atoms with Gasteiger partial charge in [0, 0.05) is 11.6 Å². The fourth-order valence-corrected chi connectivity index (χ4v) is 2.31. The molecule has 1 aromatic carbocycles. The molecule has 0 saturated heterocycles. The van der Waals surface area contributed by atoms with E-state index in [9.17, 15) is 10.2 Å². The Morgan fingerprint density at radius 3 is 2.78 bits per heavy atom. The van der Waals surface area contributed by atoms with E-state index in [4.69, 9.17) is 11.6 Å². The van der Waals surface area contributed by atoms with Crippen molar-refractivity contribution in [3.05, 3.63) is 41.0 Å². The maximum Gasteiger partial charge on any atom is 0.105 e. The van der Waals surface area contributed by atoms with Crippen LogP contribution in [-0.4, -0.2) is 27.1 Å². The molecule has 5 heteroatoms. The first-order valence-electron chi connectivity index (χ1n) is 5.64. The number of hydrogen-bond donors (Lipinski definition) is 3. The minimum Gasteiger partial charge on any atom is -0.390 e. The Bertz CT molecular complexity index is 550. The average Bonchev–Trinajstić information content (AvgIpc) is 2.38. The van der Waals surface area contributed by atoms with Gasteiger partial charge in [0.2, 0.25) is 0 Å². The first-order chi connectivity index (χ1) is 8.63. The number of rotatable bonds is 4. The highest BCUT2D eigenvalue weighted by Gasteiger charge is 2.18. The summed E-state index contributed by atoms with van der Waals surface area (Å²) in [5, 5.41) is 21.2. The Morgan fingerprint density at radius 1 is 1.28 bits per heavy atom. The lowest BCUT2D eigenvalue weighted by atomic mass is 10.0. The highest BCUT2D eigenvalue weighted by Crippen LogP contribution is 2.26. The van der Waals surface area contributed by atoms with Gasteiger partial charge in [-0.25, -0.2) is 0 Å². The SMILES string of the molecule is OC(CCS)C(O)c1ccc2c(Cl)ccnc2c1. The van der Waals surface area contributed by atoms with E-state index in [2.05, 4.69) is 17.6 Å². The number of aliphatic hydroxyl groups excluding tert-OH is 2. The van der Waals surface area contributed by atoms with Crippen LogP contribution in [0, 0.1) is 0 Å². The van der Waals surface area contributed by atoms with Gasteiger partial charge in [0.05, 0.1) is 16.6 Å². The summed E-state index contributed by atoms with van der Waals surface area (Å²) in [5.41, 5.74) is 1.34. The van der Waals surface area contributed by atoms with Crippen molar-refractivity contribution in [3.8, 4) is 0 Å². The molecule has 2 rings (SSSR count). The zero-order chi connectivity index (χ0) is 13.1. The van der Waals surface area contributed by atoms with Crippen molar-refractivity contribution in [1.29, 1.82) is 0 Å². The lowest BCUT2D eigenvalue weighted by Gasteiger charge is -2.17. The van der Waals surface area contributed by atoms with Gasteiger partial charge < -0.3 is 10.2 Å². The standard InChI is InChI=1S/C13H14ClNO2S/c14-10-3-5-15-11-7-8(1-2-9(10)11)13(17)12(16)4-6-18/h1-3,5,7,12-13,16-18H,4,6H2. The lowest BCUT2D eigenvalue weighted by Crippen LogP contribution is -2.18. The quantitative estimate of drug-likeness (QED) is 0.756. The van der Waals surface area contributed by atoms with Crippen molar-refractivity contribution in [2.24, 2.45) is 0 Å². The van der Waals surface area contributed by atoms with Gasteiger partial charge in [-0.2, -0.15) is 12.6 Å². The second kappa shape index (κ2) is 5.89. The van der Waals surface area contributed by atoms with Crippen molar-refractivity contribution >= 4 is 35.1 Å². The average molecular weight is 284 g/mol. The van der Waals surface area contributed by atoms with E-state index in [1.165, 1.54) is 0 Å². The van der Waals surface area contributed by atoms with Crippen LogP contribution in [0.5, 0.6) is 0 Å². The van der Waals surface area contributed by atoms with Gasteiger partial charge in [-0.15, -0.1) is 0 Å². The Morgan fingerprint density at radius 2 is 2.06 bits per heavy atom. The molecular formula is C13H14ClNO2S. The molecule has 2 atom stereocenters. The fourth-order valence-electron chi connectivity index (χ4n) is 1.83. The second-order valence-electron chi connectivity index (χ2n) is 4.09. The first kappa shape index (κ1) is 13.6. The summed E-state index contributed by atoms with van der Waals surface area (Å²) in [6.07, 6.45) is 0.303. The van der Waals surface area contributed by atoms with E-state index in [-0.39, 0.29) is 0 Å². The van der Waals surface area contributed by atoms with Crippen LogP contribution in [0.3, 0.4) is 0 Å². The van der Waals surface area contributed by atoms with Gasteiger partial charge in [0.25, 0.3) is 0 Å². The maximum atomic E-state index is 10.0. The van der Waals surface area contributed by atoms with Gasteiger partial charge in [-0.3, -0.25) is 4.98 Å². The van der Waals surface area contributed by atoms with Crippen LogP contribution in [0.25, 0.3) is 10.9 Å². The summed E-state index contributed by atoms with van der Waals surface area (Å²) < 4.78 is 0. The fraction of sp³-hybridized carbons (Fsp3) is 0.308. The normalized spacial score (nSPS) is 14.7. The van der Waals surface area contributed by atoms with Gasteiger partial charge in [-0.1, -0.05) is 23.7 Å². The molecule has 0 aliphatic carbocycles. The number of halogens is 1. The molecule has 2 N–H and O–H groups in total. The minimum atomic E-state index is -0.928. The molecule has 0 spiro atoms. The molecular weight excluding hydrogens is 270 g/mol. The summed E-state index contributed by atoms with van der Waals surface area (Å²) in [6, 6.07) is 7.02. The third-order valence-electron chi connectivity index (χ3n) is 2.84. The number of fused-ring (bicyclic) bond motifs is 1. The van der Waals surface area contributed by atoms with Gasteiger partial charge in [-0.05, 0) is 29.9 Å². The Balaban J connectivity index is 2.35. The Hall–Kier alpha value is -0.810. The smallest absolute Gasteiger partial charge is 0.105 e. The first-order valence-corrected chi connectivity index (χ1v) is 6.65. The van der Waals surface area contributed by atoms with E-state index >= 15 is 0 Å². The second-order valence-corrected chi connectivity index (χ2v) is 4.95. The molecule has 0 fully saturated rings. The van der Waals surface area contributed by atoms with E-state index < -0.39 is 12.2 Å². The zero-order valence-electron chi connectivity index (χ0n) is 9.62. The molecule has 0 radical (unpaired) electrons. The highest BCUT2D eigenvalue weighted by molar-refractivity contribution is 7.80. The van der Waals surface area contributed by atoms with E-state index in [1.54, 1.807) is 30.5 Å². The predicted molar refractivity (Wildman–Crippen MR) is 76.2 cm³/mol. The molecule has 2 aromatic rings. The maximum absolute atomic E-state index is 10.0. The Labute approximate surface area is 116 Å². The zero-order valence-corrected chi connectivity index (χ0v) is 11.3. The summed E-state index contributed by atoms with van der Waals surface area (Å²) >= 11 is 10.1. The van der Waals surface area contributed by atoms with Gasteiger partial charge in [0.1, 0.15) is 6.10 Å². The number of pyridine rings is 1. The molecule has 18 heavy (non-hydrogen) atoms. The number of nitrogens with zero attached hydrogens (tertiary/aromatic N) is 1. The van der Waals surface area contributed by atoms with Crippen LogP contribution >= 0.6 is 24.2 Å². The summed E-state index contributed by atoms with van der Waals surface area (Å²) in [4.78, 5) is 4.20. The molecule has 0 amide bonds. The van der Waals surface area contributed by atoms with Crippen LogP contribution in [-0.2, 0) is 0 Å². The molecule has 2 unspecified atom stereocenters. The van der Waals surface area contributed by atoms with Gasteiger partial charge in [0.15, 0.2) is 0 Å². The Kier molecular flexibility index (Phi) is 4.45. The third-order valence-corrected chi connectivity index (χ3v) is 3.43. The molecule has 1 heterocycles. The molecule has 1 aromatic heterocycles. The van der Waals surface area contributed by atoms with Crippen molar-refractivity contribution in [2.75, 3.05) is 5.75 Å². The number of aromatic nitrogens is 1. The summed E-state index contributed by atoms with van der Waals surface area (Å²) in [6.45, 7) is 0. The topological polar surface area (TPSA) is 53.4 Å². The monoisotopic (exact) mass is 283 g/mol. The number of benzene rings is 1. The lowest BCUT2D eigenvalue weighted by molar-refractivity contribution is 0.0173. The molecule has 0 aliphatic heterocycles.